The first kappa shape index (κ1) is 27.1. The number of hydrogen-bond donors (Lipinski definition) is 0. The van der Waals surface area contributed by atoms with Crippen LogP contribution in [0.5, 0.6) is 0 Å². The molecule has 5 nitrogen and oxygen atoms in total. The molecule has 0 amide bonds. The van der Waals surface area contributed by atoms with E-state index in [1.54, 1.807) is 48.5 Å². The molecule has 0 saturated heterocycles. The highest BCUT2D eigenvalue weighted by molar-refractivity contribution is 8.70. The summed E-state index contributed by atoms with van der Waals surface area (Å²) in [6.45, 7) is 8.19. The molecule has 0 spiro atoms. The van der Waals surface area contributed by atoms with Gasteiger partial charge in [-0.15, -0.1) is 0 Å². The molecule has 2 rings (SSSR count). The van der Waals surface area contributed by atoms with Crippen LogP contribution >= 0.6 is 10.8 Å². The normalized spacial score (nSPS) is 12.7. The molecule has 0 radical (unpaired) electrons. The first-order valence-corrected chi connectivity index (χ1v) is 13.9. The van der Waals surface area contributed by atoms with Crippen molar-refractivity contribution in [1.82, 2.24) is 0 Å². The minimum atomic E-state index is -1.37. The number of benzene rings is 2. The third kappa shape index (κ3) is 7.18. The Bertz CT molecular complexity index is 907. The minimum absolute atomic E-state index is 0.0701. The highest BCUT2D eigenvalue weighted by Crippen LogP contribution is 2.42. The van der Waals surface area contributed by atoms with E-state index in [2.05, 4.69) is 0 Å². The number of carbonyl (C=O) groups excluding carboxylic acids is 2. The summed E-state index contributed by atoms with van der Waals surface area (Å²) in [5.74, 6) is -0.805. The van der Waals surface area contributed by atoms with Gasteiger partial charge in [-0.05, 0) is 49.9 Å². The Morgan fingerprint density at radius 3 is 1.55 bits per heavy atom. The van der Waals surface area contributed by atoms with Gasteiger partial charge in [-0.3, -0.25) is 0 Å². The van der Waals surface area contributed by atoms with Gasteiger partial charge in [0.2, 0.25) is 0 Å². The van der Waals surface area contributed by atoms with Crippen molar-refractivity contribution < 1.29 is 23.3 Å². The van der Waals surface area contributed by atoms with Gasteiger partial charge < -0.3 is 9.47 Å². The minimum Gasteiger partial charge on any atom is -0.461 e. The summed E-state index contributed by atoms with van der Waals surface area (Å²) in [6.07, 6.45) is 2.57. The second kappa shape index (κ2) is 12.9. The molecular weight excluding hydrogens is 456 g/mol. The Morgan fingerprint density at radius 2 is 1.15 bits per heavy atom. The smallest absolute Gasteiger partial charge is 0.338 e. The molecule has 1 atom stereocenters. The van der Waals surface area contributed by atoms with Crippen molar-refractivity contribution in [3.63, 3.8) is 0 Å². The number of ether oxygens (including phenoxy) is 2. The fraction of sp³-hybridized carbons (Fsp3) is 0.462. The van der Waals surface area contributed by atoms with Gasteiger partial charge >= 0.3 is 11.9 Å². The zero-order valence-electron chi connectivity index (χ0n) is 19.9. The van der Waals surface area contributed by atoms with E-state index in [9.17, 15) is 13.8 Å². The van der Waals surface area contributed by atoms with Crippen LogP contribution in [0.1, 0.15) is 74.1 Å². The molecule has 0 bridgehead atoms. The van der Waals surface area contributed by atoms with Crippen molar-refractivity contribution in [2.45, 2.75) is 62.9 Å². The molecule has 0 aliphatic rings. The third-order valence-corrected chi connectivity index (χ3v) is 11.3. The standard InChI is InChI=1S/C26H34O5S2/c1-5-25(6-2,19-30-23(27)21-15-11-9-12-16-21)32-33(29)26(7-3,8-4)20-31-24(28)22-17-13-10-14-18-22/h9-18H,5-8,19-20H2,1-4H3/t33-/m0/s1. The first-order valence-electron chi connectivity index (χ1n) is 11.4. The molecule has 2 aromatic carbocycles. The molecule has 7 heteroatoms. The van der Waals surface area contributed by atoms with E-state index >= 15 is 0 Å². The van der Waals surface area contributed by atoms with Crippen LogP contribution in [-0.2, 0) is 19.3 Å². The molecule has 0 aliphatic heterocycles. The summed E-state index contributed by atoms with van der Waals surface area (Å²) in [7, 11) is -0.0329. The van der Waals surface area contributed by atoms with E-state index < -0.39 is 25.3 Å². The van der Waals surface area contributed by atoms with Gasteiger partial charge in [0.15, 0.2) is 0 Å². The quantitative estimate of drug-likeness (QED) is 0.245. The predicted molar refractivity (Wildman–Crippen MR) is 136 cm³/mol. The fourth-order valence-corrected chi connectivity index (χ4v) is 7.96. The lowest BCUT2D eigenvalue weighted by atomic mass is 10.0. The molecule has 2 aromatic rings. The summed E-state index contributed by atoms with van der Waals surface area (Å²) < 4.78 is 23.7. The van der Waals surface area contributed by atoms with Gasteiger partial charge in [0, 0.05) is 0 Å². The lowest BCUT2D eigenvalue weighted by molar-refractivity contribution is 0.0446. The Morgan fingerprint density at radius 1 is 0.727 bits per heavy atom. The van der Waals surface area contributed by atoms with E-state index in [-0.39, 0.29) is 19.2 Å². The molecular formula is C26H34O5S2. The second-order valence-corrected chi connectivity index (χ2v) is 11.8. The largest absolute Gasteiger partial charge is 0.461 e. The summed E-state index contributed by atoms with van der Waals surface area (Å²) in [6, 6.07) is 17.7. The average Bonchev–Trinajstić information content (AvgIpc) is 2.88. The second-order valence-electron chi connectivity index (χ2n) is 7.98. The molecule has 0 heterocycles. The summed E-state index contributed by atoms with van der Waals surface area (Å²) >= 11 is 0. The van der Waals surface area contributed by atoms with Crippen LogP contribution in [0.2, 0.25) is 0 Å². The number of hydrogen-bond acceptors (Lipinski definition) is 6. The highest BCUT2D eigenvalue weighted by Gasteiger charge is 2.41. The zero-order chi connectivity index (χ0) is 24.3. The van der Waals surface area contributed by atoms with Gasteiger partial charge in [0.05, 0.1) is 30.5 Å². The monoisotopic (exact) mass is 490 g/mol. The molecule has 0 aliphatic carbocycles. The highest BCUT2D eigenvalue weighted by atomic mass is 33.1. The maximum atomic E-state index is 13.7. The Kier molecular flexibility index (Phi) is 10.6. The van der Waals surface area contributed by atoms with Crippen molar-refractivity contribution in [3.8, 4) is 0 Å². The maximum Gasteiger partial charge on any atom is 0.338 e. The SMILES string of the molecule is CCC(CC)(COC(=O)c1ccccc1)S[S@](=O)C(CC)(CC)COC(=O)c1ccccc1. The van der Waals surface area contributed by atoms with E-state index in [4.69, 9.17) is 9.47 Å². The summed E-state index contributed by atoms with van der Waals surface area (Å²) in [5, 5.41) is 0. The number of esters is 2. The Hall–Kier alpha value is -2.12. The van der Waals surface area contributed by atoms with Crippen molar-refractivity contribution >= 4 is 32.6 Å². The molecule has 0 saturated carbocycles. The zero-order valence-corrected chi connectivity index (χ0v) is 21.5. The summed E-state index contributed by atoms with van der Waals surface area (Å²) in [4.78, 5) is 24.9. The molecule has 0 N–H and O–H groups in total. The van der Waals surface area contributed by atoms with Crippen molar-refractivity contribution in [1.29, 1.82) is 0 Å². The van der Waals surface area contributed by atoms with Crippen molar-refractivity contribution in [2.24, 2.45) is 0 Å². The van der Waals surface area contributed by atoms with E-state index in [1.807, 2.05) is 39.8 Å². The van der Waals surface area contributed by atoms with E-state index in [0.29, 0.717) is 36.8 Å². The van der Waals surface area contributed by atoms with Crippen LogP contribution in [0.3, 0.4) is 0 Å². The molecule has 0 unspecified atom stereocenters. The molecule has 33 heavy (non-hydrogen) atoms. The fourth-order valence-electron chi connectivity index (χ4n) is 3.29. The Balaban J connectivity index is 2.10. The van der Waals surface area contributed by atoms with Crippen molar-refractivity contribution in [3.05, 3.63) is 71.8 Å². The van der Waals surface area contributed by atoms with Gasteiger partial charge in [-0.2, -0.15) is 0 Å². The summed E-state index contributed by atoms with van der Waals surface area (Å²) in [5.41, 5.74) is 0.968. The molecule has 0 fully saturated rings. The molecule has 0 aromatic heterocycles. The Labute approximate surface area is 203 Å². The predicted octanol–water partition coefficient (Wildman–Crippen LogP) is 6.21. The van der Waals surface area contributed by atoms with Gasteiger partial charge in [0.25, 0.3) is 0 Å². The van der Waals surface area contributed by atoms with Crippen LogP contribution in [0.25, 0.3) is 0 Å². The molecule has 180 valence electrons. The van der Waals surface area contributed by atoms with Crippen LogP contribution in [0, 0.1) is 0 Å². The number of carbonyl (C=O) groups is 2. The lowest BCUT2D eigenvalue weighted by Gasteiger charge is -2.36. The van der Waals surface area contributed by atoms with Crippen LogP contribution in [-0.4, -0.2) is 38.9 Å². The lowest BCUT2D eigenvalue weighted by Crippen LogP contribution is -2.41. The third-order valence-electron chi connectivity index (χ3n) is 6.13. The van der Waals surface area contributed by atoms with Crippen LogP contribution in [0.15, 0.2) is 60.7 Å². The average molecular weight is 491 g/mol. The topological polar surface area (TPSA) is 69.7 Å². The van der Waals surface area contributed by atoms with Crippen LogP contribution < -0.4 is 0 Å². The van der Waals surface area contributed by atoms with Crippen LogP contribution in [0.4, 0.5) is 0 Å². The van der Waals surface area contributed by atoms with E-state index in [0.717, 1.165) is 0 Å². The van der Waals surface area contributed by atoms with E-state index in [1.165, 1.54) is 10.8 Å². The van der Waals surface area contributed by atoms with Gasteiger partial charge in [0.1, 0.15) is 13.2 Å². The van der Waals surface area contributed by atoms with Gasteiger partial charge in [-0.25, -0.2) is 13.8 Å². The van der Waals surface area contributed by atoms with Crippen molar-refractivity contribution in [2.75, 3.05) is 13.2 Å². The maximum absolute atomic E-state index is 13.7. The first-order chi connectivity index (χ1) is 15.8. The number of rotatable bonds is 13. The van der Waals surface area contributed by atoms with Gasteiger partial charge in [-0.1, -0.05) is 74.9 Å².